The van der Waals surface area contributed by atoms with Crippen LogP contribution < -0.4 is 16.9 Å². The number of amides is 1. The first kappa shape index (κ1) is 13.9. The third-order valence-electron chi connectivity index (χ3n) is 3.87. The van der Waals surface area contributed by atoms with E-state index in [1.54, 1.807) is 18.2 Å². The van der Waals surface area contributed by atoms with E-state index in [2.05, 4.69) is 0 Å². The van der Waals surface area contributed by atoms with Crippen LogP contribution in [0.25, 0.3) is 0 Å². The van der Waals surface area contributed by atoms with Gasteiger partial charge in [0.2, 0.25) is 0 Å². The monoisotopic (exact) mass is 262 g/mol. The lowest BCUT2D eigenvalue weighted by Gasteiger charge is -2.32. The fourth-order valence-electron chi connectivity index (χ4n) is 1.91. The minimum Gasteiger partial charge on any atom is -0.399 e. The van der Waals surface area contributed by atoms with E-state index in [4.69, 9.17) is 20.8 Å². The number of hydrogen-bond acceptors (Lipinski definition) is 4. The van der Waals surface area contributed by atoms with Gasteiger partial charge in [-0.1, -0.05) is 6.07 Å². The van der Waals surface area contributed by atoms with Gasteiger partial charge in [0.05, 0.1) is 16.8 Å². The Morgan fingerprint density at radius 2 is 1.68 bits per heavy atom. The van der Waals surface area contributed by atoms with Gasteiger partial charge >= 0.3 is 7.12 Å². The molecule has 102 valence electrons. The zero-order chi connectivity index (χ0) is 14.4. The molecule has 0 atom stereocenters. The molecule has 4 N–H and O–H groups in total. The molecule has 1 saturated heterocycles. The number of nitrogen functional groups attached to an aromatic ring is 1. The van der Waals surface area contributed by atoms with Gasteiger partial charge in [0.15, 0.2) is 0 Å². The van der Waals surface area contributed by atoms with E-state index in [1.165, 1.54) is 0 Å². The van der Waals surface area contributed by atoms with Gasteiger partial charge in [-0.15, -0.1) is 0 Å². The van der Waals surface area contributed by atoms with Gasteiger partial charge in [0, 0.05) is 5.69 Å². The Balaban J connectivity index is 2.35. The predicted octanol–water partition coefficient (Wildman–Crippen LogP) is 0.667. The summed E-state index contributed by atoms with van der Waals surface area (Å²) in [6.07, 6.45) is 0. The number of hydrogen-bond donors (Lipinski definition) is 2. The highest BCUT2D eigenvalue weighted by Gasteiger charge is 2.51. The van der Waals surface area contributed by atoms with Crippen molar-refractivity contribution >= 4 is 24.2 Å². The van der Waals surface area contributed by atoms with Crippen molar-refractivity contribution < 1.29 is 14.1 Å². The number of nitrogens with two attached hydrogens (primary N) is 2. The summed E-state index contributed by atoms with van der Waals surface area (Å²) in [6.45, 7) is 7.89. The third-order valence-corrected chi connectivity index (χ3v) is 3.87. The van der Waals surface area contributed by atoms with Crippen LogP contribution in [0, 0.1) is 0 Å². The van der Waals surface area contributed by atoms with Crippen LogP contribution in [0.15, 0.2) is 18.2 Å². The quantitative estimate of drug-likeness (QED) is 0.605. The molecule has 0 radical (unpaired) electrons. The topological polar surface area (TPSA) is 87.6 Å². The van der Waals surface area contributed by atoms with E-state index in [1.807, 2.05) is 27.7 Å². The second-order valence-corrected chi connectivity index (χ2v) is 5.80. The van der Waals surface area contributed by atoms with E-state index >= 15 is 0 Å². The Morgan fingerprint density at radius 1 is 1.16 bits per heavy atom. The van der Waals surface area contributed by atoms with Crippen molar-refractivity contribution in [3.05, 3.63) is 23.8 Å². The Morgan fingerprint density at radius 3 is 2.16 bits per heavy atom. The summed E-state index contributed by atoms with van der Waals surface area (Å²) in [4.78, 5) is 11.3. The lowest BCUT2D eigenvalue weighted by Crippen LogP contribution is -2.41. The van der Waals surface area contributed by atoms with Crippen molar-refractivity contribution in [3.63, 3.8) is 0 Å². The Bertz CT molecular complexity index is 513. The number of benzene rings is 1. The van der Waals surface area contributed by atoms with Gasteiger partial charge in [-0.2, -0.15) is 0 Å². The van der Waals surface area contributed by atoms with Crippen LogP contribution in [0.3, 0.4) is 0 Å². The maximum Gasteiger partial charge on any atom is 0.494 e. The van der Waals surface area contributed by atoms with E-state index in [0.29, 0.717) is 5.69 Å². The normalized spacial score (nSPS) is 20.5. The number of carbonyl (C=O) groups excluding carboxylic acids is 1. The van der Waals surface area contributed by atoms with Crippen LogP contribution >= 0.6 is 0 Å². The highest BCUT2D eigenvalue weighted by atomic mass is 16.7. The number of primary amides is 1. The fourth-order valence-corrected chi connectivity index (χ4v) is 1.91. The van der Waals surface area contributed by atoms with Gasteiger partial charge in [-0.25, -0.2) is 0 Å². The first-order valence-corrected chi connectivity index (χ1v) is 6.19. The summed E-state index contributed by atoms with van der Waals surface area (Å²) in [5.74, 6) is -0.559. The molecule has 0 saturated carbocycles. The van der Waals surface area contributed by atoms with Crippen LogP contribution in [0.5, 0.6) is 0 Å². The highest BCUT2D eigenvalue weighted by Crippen LogP contribution is 2.36. The molecule has 0 aromatic heterocycles. The van der Waals surface area contributed by atoms with Crippen molar-refractivity contribution in [2.75, 3.05) is 5.73 Å². The molecule has 0 bridgehead atoms. The molecule has 1 aromatic carbocycles. The van der Waals surface area contributed by atoms with E-state index in [0.717, 1.165) is 5.46 Å². The molecule has 0 unspecified atom stereocenters. The van der Waals surface area contributed by atoms with Gasteiger partial charge in [0.25, 0.3) is 5.91 Å². The van der Waals surface area contributed by atoms with Crippen molar-refractivity contribution in [2.24, 2.45) is 5.73 Å². The molecular formula is C13H19BN2O3. The molecule has 1 aromatic rings. The summed E-state index contributed by atoms with van der Waals surface area (Å²) in [5.41, 5.74) is 11.5. The molecule has 2 rings (SSSR count). The van der Waals surface area contributed by atoms with Crippen LogP contribution in [0.2, 0.25) is 0 Å². The first-order valence-electron chi connectivity index (χ1n) is 6.19. The summed E-state index contributed by atoms with van der Waals surface area (Å²) in [5, 5.41) is 0. The van der Waals surface area contributed by atoms with E-state index in [-0.39, 0.29) is 5.56 Å². The minimum atomic E-state index is -0.559. The molecule has 1 heterocycles. The summed E-state index contributed by atoms with van der Waals surface area (Å²) < 4.78 is 11.8. The maximum absolute atomic E-state index is 11.3. The smallest absolute Gasteiger partial charge is 0.399 e. The third kappa shape index (κ3) is 2.33. The molecule has 0 aliphatic carbocycles. The molecule has 1 amide bonds. The predicted molar refractivity (Wildman–Crippen MR) is 75.1 cm³/mol. The SMILES string of the molecule is CC1(C)OB(c2ccc(N)c(C(N)=O)c2)OC1(C)C. The summed E-state index contributed by atoms with van der Waals surface area (Å²) in [6, 6.07) is 5.05. The van der Waals surface area contributed by atoms with Crippen LogP contribution in [-0.4, -0.2) is 24.2 Å². The van der Waals surface area contributed by atoms with Crippen molar-refractivity contribution in [2.45, 2.75) is 38.9 Å². The number of anilines is 1. The zero-order valence-electron chi connectivity index (χ0n) is 11.7. The fraction of sp³-hybridized carbons (Fsp3) is 0.462. The van der Waals surface area contributed by atoms with Crippen LogP contribution in [0.4, 0.5) is 5.69 Å². The second kappa shape index (κ2) is 4.25. The molecule has 1 fully saturated rings. The highest BCUT2D eigenvalue weighted by molar-refractivity contribution is 6.62. The van der Waals surface area contributed by atoms with E-state index < -0.39 is 24.2 Å². The maximum atomic E-state index is 11.3. The molecule has 6 heteroatoms. The second-order valence-electron chi connectivity index (χ2n) is 5.80. The molecule has 0 spiro atoms. The Hall–Kier alpha value is -1.53. The average Bonchev–Trinajstić information content (AvgIpc) is 2.48. The van der Waals surface area contributed by atoms with Gasteiger partial charge in [-0.05, 0) is 45.3 Å². The van der Waals surface area contributed by atoms with Gasteiger partial charge in [-0.3, -0.25) is 4.79 Å². The van der Waals surface area contributed by atoms with Crippen molar-refractivity contribution in [1.82, 2.24) is 0 Å². The van der Waals surface area contributed by atoms with Crippen molar-refractivity contribution in [1.29, 1.82) is 0 Å². The summed E-state index contributed by atoms with van der Waals surface area (Å²) >= 11 is 0. The zero-order valence-corrected chi connectivity index (χ0v) is 11.7. The molecular weight excluding hydrogens is 243 g/mol. The lowest BCUT2D eigenvalue weighted by molar-refractivity contribution is 0.00578. The van der Waals surface area contributed by atoms with Crippen molar-refractivity contribution in [3.8, 4) is 0 Å². The minimum absolute atomic E-state index is 0.284. The average molecular weight is 262 g/mol. The molecule has 1 aliphatic heterocycles. The number of carbonyl (C=O) groups is 1. The molecule has 19 heavy (non-hydrogen) atoms. The first-order chi connectivity index (χ1) is 8.64. The van der Waals surface area contributed by atoms with Gasteiger partial charge < -0.3 is 20.8 Å². The van der Waals surface area contributed by atoms with Crippen LogP contribution in [-0.2, 0) is 9.31 Å². The lowest BCUT2D eigenvalue weighted by atomic mass is 9.78. The Labute approximate surface area is 113 Å². The Kier molecular flexibility index (Phi) is 3.11. The van der Waals surface area contributed by atoms with Crippen LogP contribution in [0.1, 0.15) is 38.1 Å². The number of rotatable bonds is 2. The standard InChI is InChI=1S/C13H19BN2O3/c1-12(2)13(3,4)19-14(18-12)8-5-6-10(15)9(7-8)11(16)17/h5-7H,15H2,1-4H3,(H2,16,17). The van der Waals surface area contributed by atoms with Gasteiger partial charge in [0.1, 0.15) is 0 Å². The largest absolute Gasteiger partial charge is 0.494 e. The molecule has 1 aliphatic rings. The van der Waals surface area contributed by atoms with E-state index in [9.17, 15) is 4.79 Å². The summed E-state index contributed by atoms with van der Waals surface area (Å²) in [7, 11) is -0.524. The molecule has 5 nitrogen and oxygen atoms in total.